The number of fused-ring (bicyclic) bond motifs is 1. The number of rotatable bonds is 4. The van der Waals surface area contributed by atoms with Crippen LogP contribution in [0, 0.1) is 17.7 Å². The lowest BCUT2D eigenvalue weighted by Gasteiger charge is -2.19. The van der Waals surface area contributed by atoms with Crippen molar-refractivity contribution in [2.45, 2.75) is 19.4 Å². The van der Waals surface area contributed by atoms with Gasteiger partial charge in [0.2, 0.25) is 0 Å². The Labute approximate surface area is 152 Å². The van der Waals surface area contributed by atoms with Crippen LogP contribution in [0.5, 0.6) is 5.75 Å². The number of carbonyl (C=O) groups is 1. The first-order chi connectivity index (χ1) is 12.7. The number of hydrogen-bond donors (Lipinski definition) is 1. The standard InChI is InChI=1S/C20H23FN2O3/c21-16-1-3-17(4-2-16)25-13-18-5-6-19(26-18)20(24)23-9-7-14-11-22-12-15(14)8-10-23/h1-6,14-15,22H,7-13H2/t14-,15+. The molecule has 5 nitrogen and oxygen atoms in total. The first kappa shape index (κ1) is 17.1. The van der Waals surface area contributed by atoms with E-state index >= 15 is 0 Å². The molecule has 0 saturated carbocycles. The van der Waals surface area contributed by atoms with Gasteiger partial charge in [0.15, 0.2) is 5.76 Å². The minimum absolute atomic E-state index is 0.0500. The van der Waals surface area contributed by atoms with Crippen molar-refractivity contribution in [2.75, 3.05) is 26.2 Å². The number of amides is 1. The number of nitrogens with one attached hydrogen (secondary N) is 1. The van der Waals surface area contributed by atoms with Gasteiger partial charge in [-0.15, -0.1) is 0 Å². The fourth-order valence-electron chi connectivity index (χ4n) is 3.83. The molecule has 6 heteroatoms. The Bertz CT molecular complexity index is 745. The van der Waals surface area contributed by atoms with Crippen molar-refractivity contribution in [1.82, 2.24) is 10.2 Å². The molecule has 1 N–H and O–H groups in total. The molecule has 2 aliphatic rings. The first-order valence-electron chi connectivity index (χ1n) is 9.16. The molecule has 1 aromatic carbocycles. The van der Waals surface area contributed by atoms with Crippen LogP contribution in [0.15, 0.2) is 40.8 Å². The lowest BCUT2D eigenvalue weighted by molar-refractivity contribution is 0.0722. The predicted molar refractivity (Wildman–Crippen MR) is 94.4 cm³/mol. The van der Waals surface area contributed by atoms with E-state index in [-0.39, 0.29) is 18.3 Å². The highest BCUT2D eigenvalue weighted by Gasteiger charge is 2.32. The van der Waals surface area contributed by atoms with Crippen LogP contribution in [0.25, 0.3) is 0 Å². The van der Waals surface area contributed by atoms with Crippen LogP contribution < -0.4 is 10.1 Å². The monoisotopic (exact) mass is 358 g/mol. The normalized spacial score (nSPS) is 22.7. The Morgan fingerprint density at radius 1 is 1.12 bits per heavy atom. The molecule has 2 fully saturated rings. The molecule has 4 rings (SSSR count). The fourth-order valence-corrected chi connectivity index (χ4v) is 3.83. The number of likely N-dealkylation sites (tertiary alicyclic amines) is 1. The summed E-state index contributed by atoms with van der Waals surface area (Å²) in [5.41, 5.74) is 0. The molecule has 26 heavy (non-hydrogen) atoms. The smallest absolute Gasteiger partial charge is 0.289 e. The van der Waals surface area contributed by atoms with E-state index < -0.39 is 0 Å². The largest absolute Gasteiger partial charge is 0.486 e. The molecule has 0 aliphatic carbocycles. The van der Waals surface area contributed by atoms with Crippen LogP contribution >= 0.6 is 0 Å². The van der Waals surface area contributed by atoms with Gasteiger partial charge in [0, 0.05) is 13.1 Å². The van der Waals surface area contributed by atoms with E-state index in [2.05, 4.69) is 5.32 Å². The van der Waals surface area contributed by atoms with Crippen molar-refractivity contribution in [3.8, 4) is 5.75 Å². The van der Waals surface area contributed by atoms with Gasteiger partial charge in [-0.25, -0.2) is 4.39 Å². The second-order valence-corrected chi connectivity index (χ2v) is 7.06. The van der Waals surface area contributed by atoms with E-state index in [1.165, 1.54) is 12.1 Å². The number of ether oxygens (including phenoxy) is 1. The summed E-state index contributed by atoms with van der Waals surface area (Å²) in [6.45, 7) is 3.90. The van der Waals surface area contributed by atoms with Crippen molar-refractivity contribution < 1.29 is 18.3 Å². The molecule has 0 bridgehead atoms. The highest BCUT2D eigenvalue weighted by Crippen LogP contribution is 2.28. The second-order valence-electron chi connectivity index (χ2n) is 7.06. The number of hydrogen-bond acceptors (Lipinski definition) is 4. The predicted octanol–water partition coefficient (Wildman–Crippen LogP) is 3.07. The average Bonchev–Trinajstić information content (AvgIpc) is 3.26. The first-order valence-corrected chi connectivity index (χ1v) is 9.16. The summed E-state index contributed by atoms with van der Waals surface area (Å²) >= 11 is 0. The minimum Gasteiger partial charge on any atom is -0.486 e. The zero-order valence-corrected chi connectivity index (χ0v) is 14.6. The molecule has 3 heterocycles. The molecular weight excluding hydrogens is 335 g/mol. The third kappa shape index (κ3) is 3.75. The molecule has 0 spiro atoms. The van der Waals surface area contributed by atoms with E-state index in [1.807, 2.05) is 4.90 Å². The summed E-state index contributed by atoms with van der Waals surface area (Å²) in [4.78, 5) is 14.6. The highest BCUT2D eigenvalue weighted by molar-refractivity contribution is 5.91. The summed E-state index contributed by atoms with van der Waals surface area (Å²) in [5, 5.41) is 3.45. The van der Waals surface area contributed by atoms with Gasteiger partial charge in [-0.1, -0.05) is 0 Å². The van der Waals surface area contributed by atoms with E-state index in [0.717, 1.165) is 39.0 Å². The molecule has 2 aromatic rings. The van der Waals surface area contributed by atoms with Crippen LogP contribution in [-0.4, -0.2) is 37.0 Å². The van der Waals surface area contributed by atoms with Gasteiger partial charge in [0.25, 0.3) is 5.91 Å². The SMILES string of the molecule is O=C(c1ccc(COc2ccc(F)cc2)o1)N1CC[C@@H]2CNC[C@@H]2CC1. The summed E-state index contributed by atoms with van der Waals surface area (Å²) in [5.74, 6) is 2.50. The maximum Gasteiger partial charge on any atom is 0.289 e. The fraction of sp³-hybridized carbons (Fsp3) is 0.450. The molecule has 1 aromatic heterocycles. The molecule has 2 aliphatic heterocycles. The maximum atomic E-state index is 12.9. The van der Waals surface area contributed by atoms with E-state index in [4.69, 9.17) is 9.15 Å². The quantitative estimate of drug-likeness (QED) is 0.913. The van der Waals surface area contributed by atoms with Gasteiger partial charge in [-0.3, -0.25) is 4.79 Å². The molecule has 0 unspecified atom stereocenters. The highest BCUT2D eigenvalue weighted by atomic mass is 19.1. The van der Waals surface area contributed by atoms with Crippen molar-refractivity contribution in [3.63, 3.8) is 0 Å². The summed E-state index contributed by atoms with van der Waals surface area (Å²) in [7, 11) is 0. The van der Waals surface area contributed by atoms with E-state index in [1.54, 1.807) is 24.3 Å². The van der Waals surface area contributed by atoms with Gasteiger partial charge < -0.3 is 19.4 Å². The van der Waals surface area contributed by atoms with Crippen molar-refractivity contribution in [1.29, 1.82) is 0 Å². The molecular formula is C20H23FN2O3. The van der Waals surface area contributed by atoms with Crippen LogP contribution in [-0.2, 0) is 6.61 Å². The molecule has 2 atom stereocenters. The molecule has 0 radical (unpaired) electrons. The van der Waals surface area contributed by atoms with E-state index in [0.29, 0.717) is 29.1 Å². The summed E-state index contributed by atoms with van der Waals surface area (Å²) < 4.78 is 24.1. The van der Waals surface area contributed by atoms with E-state index in [9.17, 15) is 9.18 Å². The van der Waals surface area contributed by atoms with Gasteiger partial charge in [-0.05, 0) is 74.2 Å². The number of nitrogens with zero attached hydrogens (tertiary/aromatic N) is 1. The number of carbonyl (C=O) groups excluding carboxylic acids is 1. The molecule has 138 valence electrons. The van der Waals surface area contributed by atoms with Gasteiger partial charge in [0.1, 0.15) is 23.9 Å². The second kappa shape index (κ2) is 7.50. The average molecular weight is 358 g/mol. The zero-order valence-electron chi connectivity index (χ0n) is 14.6. The summed E-state index contributed by atoms with van der Waals surface area (Å²) in [6, 6.07) is 9.28. The lowest BCUT2D eigenvalue weighted by Crippen LogP contribution is -2.32. The van der Waals surface area contributed by atoms with Crippen molar-refractivity contribution in [3.05, 3.63) is 53.7 Å². The zero-order chi connectivity index (χ0) is 17.9. The van der Waals surface area contributed by atoms with Crippen LogP contribution in [0.2, 0.25) is 0 Å². The summed E-state index contributed by atoms with van der Waals surface area (Å²) in [6.07, 6.45) is 2.09. The molecule has 1 amide bonds. The Morgan fingerprint density at radius 2 is 1.81 bits per heavy atom. The number of furan rings is 1. The van der Waals surface area contributed by atoms with Crippen LogP contribution in [0.4, 0.5) is 4.39 Å². The van der Waals surface area contributed by atoms with Crippen LogP contribution in [0.3, 0.4) is 0 Å². The third-order valence-corrected chi connectivity index (χ3v) is 5.37. The van der Waals surface area contributed by atoms with Gasteiger partial charge >= 0.3 is 0 Å². The molecule has 2 saturated heterocycles. The topological polar surface area (TPSA) is 54.7 Å². The van der Waals surface area contributed by atoms with Gasteiger partial charge in [0.05, 0.1) is 0 Å². The van der Waals surface area contributed by atoms with Gasteiger partial charge in [-0.2, -0.15) is 0 Å². The maximum absolute atomic E-state index is 12.9. The minimum atomic E-state index is -0.305. The van der Waals surface area contributed by atoms with Crippen molar-refractivity contribution >= 4 is 5.91 Å². The van der Waals surface area contributed by atoms with Crippen LogP contribution in [0.1, 0.15) is 29.2 Å². The van der Waals surface area contributed by atoms with Crippen molar-refractivity contribution in [2.24, 2.45) is 11.8 Å². The number of halogens is 1. The Hall–Kier alpha value is -2.34. The Morgan fingerprint density at radius 3 is 2.50 bits per heavy atom. The lowest BCUT2D eigenvalue weighted by atomic mass is 9.92. The number of benzene rings is 1. The Kier molecular flexibility index (Phi) is 4.93. The Balaban J connectivity index is 1.34. The third-order valence-electron chi connectivity index (χ3n) is 5.37.